The number of hydroxylamine groups is 2. The van der Waals surface area contributed by atoms with Crippen LogP contribution >= 0.6 is 0 Å². The van der Waals surface area contributed by atoms with E-state index in [1.54, 1.807) is 7.05 Å². The van der Waals surface area contributed by atoms with Crippen molar-refractivity contribution in [3.8, 4) is 0 Å². The average Bonchev–Trinajstić information content (AvgIpc) is 2.98. The smallest absolute Gasteiger partial charge is 0.409 e. The Morgan fingerprint density at radius 1 is 1.00 bits per heavy atom. The summed E-state index contributed by atoms with van der Waals surface area (Å²) in [6, 6.07) is 9.06. The molecule has 4 amide bonds. The number of nitrogens with one attached hydrogen (secondary N) is 1. The molecular formula is C28H43N5O7. The Kier molecular flexibility index (Phi) is 13.1. The summed E-state index contributed by atoms with van der Waals surface area (Å²) in [5, 5.41) is 17.5. The molecule has 0 spiro atoms. The van der Waals surface area contributed by atoms with E-state index in [-0.39, 0.29) is 18.9 Å². The van der Waals surface area contributed by atoms with Gasteiger partial charge < -0.3 is 19.7 Å². The molecule has 2 saturated heterocycles. The summed E-state index contributed by atoms with van der Waals surface area (Å²) in [6.45, 7) is 2.54. The van der Waals surface area contributed by atoms with Crippen molar-refractivity contribution < 1.29 is 33.9 Å². The fourth-order valence-electron chi connectivity index (χ4n) is 5.27. The van der Waals surface area contributed by atoms with Crippen LogP contribution in [0, 0.1) is 5.92 Å². The van der Waals surface area contributed by atoms with Crippen molar-refractivity contribution in [3.63, 3.8) is 0 Å². The van der Waals surface area contributed by atoms with Crippen molar-refractivity contribution in [3.05, 3.63) is 35.9 Å². The van der Waals surface area contributed by atoms with Gasteiger partial charge in [-0.25, -0.2) is 14.9 Å². The van der Waals surface area contributed by atoms with Crippen molar-refractivity contribution in [2.75, 3.05) is 46.5 Å². The summed E-state index contributed by atoms with van der Waals surface area (Å²) in [4.78, 5) is 51.7. The van der Waals surface area contributed by atoms with E-state index in [0.29, 0.717) is 82.8 Å². The van der Waals surface area contributed by atoms with E-state index in [1.165, 1.54) is 9.91 Å². The normalized spacial score (nSPS) is 24.1. The lowest BCUT2D eigenvalue weighted by Crippen LogP contribution is -2.59. The van der Waals surface area contributed by atoms with Crippen molar-refractivity contribution in [2.45, 2.75) is 63.6 Å². The highest BCUT2D eigenvalue weighted by Gasteiger charge is 2.35. The molecule has 0 bridgehead atoms. The van der Waals surface area contributed by atoms with Gasteiger partial charge in [0.05, 0.1) is 31.8 Å². The van der Waals surface area contributed by atoms with E-state index in [1.807, 2.05) is 35.3 Å². The van der Waals surface area contributed by atoms with Gasteiger partial charge >= 0.3 is 6.09 Å². The van der Waals surface area contributed by atoms with E-state index < -0.39 is 24.2 Å². The number of cyclic esters (lactones) is 1. The quantitative estimate of drug-likeness (QED) is 0.266. The van der Waals surface area contributed by atoms with E-state index >= 15 is 0 Å². The molecule has 0 aliphatic carbocycles. The largest absolute Gasteiger partial charge is 0.449 e. The highest BCUT2D eigenvalue weighted by atomic mass is 16.6. The summed E-state index contributed by atoms with van der Waals surface area (Å²) in [5.74, 6) is -1.09. The van der Waals surface area contributed by atoms with Gasteiger partial charge in [-0.3, -0.25) is 24.6 Å². The molecule has 12 heteroatoms. The zero-order valence-corrected chi connectivity index (χ0v) is 23.4. The molecule has 12 nitrogen and oxygen atoms in total. The Morgan fingerprint density at radius 3 is 2.45 bits per heavy atom. The van der Waals surface area contributed by atoms with Crippen LogP contribution in [0.15, 0.2) is 30.3 Å². The van der Waals surface area contributed by atoms with Gasteiger partial charge in [-0.2, -0.15) is 0 Å². The van der Waals surface area contributed by atoms with Gasteiger partial charge in [-0.1, -0.05) is 30.3 Å². The molecule has 2 fully saturated rings. The number of nitrogens with zero attached hydrogens (tertiary/aromatic N) is 4. The molecule has 2 aliphatic rings. The van der Waals surface area contributed by atoms with E-state index in [2.05, 4.69) is 5.32 Å². The van der Waals surface area contributed by atoms with Crippen LogP contribution in [0.5, 0.6) is 0 Å². The predicted molar refractivity (Wildman–Crippen MR) is 146 cm³/mol. The summed E-state index contributed by atoms with van der Waals surface area (Å²) < 4.78 is 10.8. The molecule has 2 unspecified atom stereocenters. The van der Waals surface area contributed by atoms with E-state index in [9.17, 15) is 24.4 Å². The second-order valence-corrected chi connectivity index (χ2v) is 10.3. The Labute approximate surface area is 236 Å². The lowest BCUT2D eigenvalue weighted by Gasteiger charge is -2.40. The zero-order chi connectivity index (χ0) is 28.7. The minimum Gasteiger partial charge on any atom is -0.449 e. The minimum absolute atomic E-state index is 0.100. The minimum atomic E-state index is -0.830. The van der Waals surface area contributed by atoms with Crippen LogP contribution in [-0.2, 0) is 30.3 Å². The molecular weight excluding hydrogens is 518 g/mol. The molecule has 1 aromatic rings. The fourth-order valence-corrected chi connectivity index (χ4v) is 5.27. The van der Waals surface area contributed by atoms with Gasteiger partial charge in [0.1, 0.15) is 6.17 Å². The highest BCUT2D eigenvalue weighted by Crippen LogP contribution is 2.23. The zero-order valence-electron chi connectivity index (χ0n) is 23.4. The number of morpholine rings is 1. The third-order valence-corrected chi connectivity index (χ3v) is 7.53. The van der Waals surface area contributed by atoms with Gasteiger partial charge in [0.15, 0.2) is 0 Å². The Balaban J connectivity index is 1.86. The van der Waals surface area contributed by atoms with Gasteiger partial charge in [0.25, 0.3) is 0 Å². The number of rotatable bonds is 9. The monoisotopic (exact) mass is 561 g/mol. The second kappa shape index (κ2) is 16.8. The molecule has 0 radical (unpaired) electrons. The number of benzene rings is 1. The van der Waals surface area contributed by atoms with Crippen LogP contribution in [0.3, 0.4) is 0 Å². The van der Waals surface area contributed by atoms with E-state index in [0.717, 1.165) is 18.4 Å². The van der Waals surface area contributed by atoms with Crippen molar-refractivity contribution in [1.82, 2.24) is 25.3 Å². The van der Waals surface area contributed by atoms with Gasteiger partial charge in [0.2, 0.25) is 18.7 Å². The lowest BCUT2D eigenvalue weighted by molar-refractivity contribution is -0.171. The maximum atomic E-state index is 13.9. The van der Waals surface area contributed by atoms with Crippen molar-refractivity contribution in [2.24, 2.45) is 5.92 Å². The standard InChI is InChI=1S/C28H43N5O7/c1-30-15-6-5-14-26(32(21-34)31-16-19-39-20-17-31)29-27(36)24(12-7-11-23-9-3-2-4-10-23)25(33(38)22-35)13-8-18-40-28(30)37/h2-4,9-10,21-22,24-26,38H,5-8,11-20H2,1H3,(H,29,36)/t24-,25?,26?/m1/s1. The molecule has 0 saturated carbocycles. The number of ether oxygens (including phenoxy) is 2. The third kappa shape index (κ3) is 9.46. The second-order valence-electron chi connectivity index (χ2n) is 10.3. The highest BCUT2D eigenvalue weighted by molar-refractivity contribution is 5.80. The van der Waals surface area contributed by atoms with Gasteiger partial charge in [0, 0.05) is 26.7 Å². The van der Waals surface area contributed by atoms with Crippen LogP contribution < -0.4 is 5.32 Å². The maximum absolute atomic E-state index is 13.9. The van der Waals surface area contributed by atoms with Crippen LogP contribution in [-0.4, -0.2) is 109 Å². The summed E-state index contributed by atoms with van der Waals surface area (Å²) >= 11 is 0. The molecule has 1 aromatic carbocycles. The first kappa shape index (κ1) is 31.3. The molecule has 2 heterocycles. The number of amides is 4. The first-order chi connectivity index (χ1) is 19.4. The SMILES string of the molecule is CN1CCCCC(N(C=O)N2CCOCC2)NC(=O)[C@H](CCCc2ccccc2)C(N(O)C=O)CCCOC1=O. The van der Waals surface area contributed by atoms with Crippen molar-refractivity contribution in [1.29, 1.82) is 0 Å². The molecule has 2 N–H and O–H groups in total. The van der Waals surface area contributed by atoms with Crippen LogP contribution in [0.2, 0.25) is 0 Å². The van der Waals surface area contributed by atoms with Crippen molar-refractivity contribution >= 4 is 24.8 Å². The average molecular weight is 562 g/mol. The molecule has 0 aromatic heterocycles. The maximum Gasteiger partial charge on any atom is 0.409 e. The van der Waals surface area contributed by atoms with Gasteiger partial charge in [-0.05, 0) is 56.9 Å². The number of hydrogen-bond donors (Lipinski definition) is 2. The Morgan fingerprint density at radius 2 is 1.75 bits per heavy atom. The molecule has 3 atom stereocenters. The number of hydrogen-bond acceptors (Lipinski definition) is 8. The fraction of sp³-hybridized carbons (Fsp3) is 0.643. The molecule has 222 valence electrons. The first-order valence-electron chi connectivity index (χ1n) is 14.2. The third-order valence-electron chi connectivity index (χ3n) is 7.53. The van der Waals surface area contributed by atoms with E-state index in [4.69, 9.17) is 9.47 Å². The number of carbonyl (C=O) groups is 4. The summed E-state index contributed by atoms with van der Waals surface area (Å²) in [7, 11) is 1.67. The topological polar surface area (TPSA) is 132 Å². The Bertz CT molecular complexity index is 931. The van der Waals surface area contributed by atoms with Crippen LogP contribution in [0.1, 0.15) is 50.5 Å². The van der Waals surface area contributed by atoms with Gasteiger partial charge in [-0.15, -0.1) is 0 Å². The lowest BCUT2D eigenvalue weighted by atomic mass is 9.88. The molecule has 3 rings (SSSR count). The number of hydrazine groups is 1. The summed E-state index contributed by atoms with van der Waals surface area (Å²) in [5.41, 5.74) is 1.13. The molecule has 2 aliphatic heterocycles. The predicted octanol–water partition coefficient (Wildman–Crippen LogP) is 2.02. The van der Waals surface area contributed by atoms with Crippen LogP contribution in [0.4, 0.5) is 4.79 Å². The Hall–Kier alpha value is -3.22. The summed E-state index contributed by atoms with van der Waals surface area (Å²) in [6.07, 6.45) is 4.10. The van der Waals surface area contributed by atoms with Crippen LogP contribution in [0.25, 0.3) is 0 Å². The first-order valence-corrected chi connectivity index (χ1v) is 14.2. The number of carbonyl (C=O) groups excluding carboxylic acids is 4. The number of aryl methyl sites for hydroxylation is 1. The molecule has 40 heavy (non-hydrogen) atoms.